The van der Waals surface area contributed by atoms with Crippen LogP contribution in [0.2, 0.25) is 0 Å². The molecular formula is C22H18O9. The third-order valence-electron chi connectivity index (χ3n) is 4.93. The summed E-state index contributed by atoms with van der Waals surface area (Å²) in [7, 11) is 0. The first-order valence-electron chi connectivity index (χ1n) is 9.19. The van der Waals surface area contributed by atoms with Crippen LogP contribution in [0.3, 0.4) is 0 Å². The zero-order chi connectivity index (χ0) is 22.3. The van der Waals surface area contributed by atoms with E-state index in [9.17, 15) is 35.4 Å². The summed E-state index contributed by atoms with van der Waals surface area (Å²) in [6, 6.07) is 10.4. The number of hydrogen-bond donors (Lipinski definition) is 6. The molecule has 1 aliphatic heterocycles. The molecule has 9 heteroatoms. The molecule has 160 valence electrons. The van der Waals surface area contributed by atoms with Crippen LogP contribution in [-0.4, -0.2) is 42.7 Å². The second-order valence-corrected chi connectivity index (χ2v) is 7.09. The summed E-state index contributed by atoms with van der Waals surface area (Å²) >= 11 is 0. The number of esters is 1. The summed E-state index contributed by atoms with van der Waals surface area (Å²) in [6.45, 7) is 0. The molecular weight excluding hydrogens is 408 g/mol. The molecule has 1 aliphatic rings. The SMILES string of the molecule is O=C(O[C@@H]1Cc2c(O)cc(O)cc2O[C@@H]1c1cccc(O)c1)c1cc(O)c(O)c(O)c1. The number of carbonyl (C=O) groups excluding carboxylic acids is 1. The third kappa shape index (κ3) is 3.80. The zero-order valence-corrected chi connectivity index (χ0v) is 15.9. The number of phenolic OH excluding ortho intramolecular Hbond substituents is 6. The van der Waals surface area contributed by atoms with Crippen LogP contribution in [0.1, 0.15) is 27.6 Å². The molecule has 0 radical (unpaired) electrons. The molecule has 4 rings (SSSR count). The first-order valence-corrected chi connectivity index (χ1v) is 9.19. The van der Waals surface area contributed by atoms with E-state index in [2.05, 4.69) is 0 Å². The van der Waals surface area contributed by atoms with Gasteiger partial charge in [0.2, 0.25) is 0 Å². The number of ether oxygens (including phenoxy) is 2. The van der Waals surface area contributed by atoms with E-state index in [1.54, 1.807) is 12.1 Å². The van der Waals surface area contributed by atoms with Crippen molar-refractivity contribution in [3.05, 3.63) is 65.2 Å². The van der Waals surface area contributed by atoms with E-state index in [0.717, 1.165) is 18.2 Å². The van der Waals surface area contributed by atoms with Crippen LogP contribution in [0.4, 0.5) is 0 Å². The van der Waals surface area contributed by atoms with Gasteiger partial charge in [-0.15, -0.1) is 0 Å². The summed E-state index contributed by atoms with van der Waals surface area (Å²) < 4.78 is 11.5. The maximum absolute atomic E-state index is 12.7. The first kappa shape index (κ1) is 20.0. The predicted molar refractivity (Wildman–Crippen MR) is 106 cm³/mol. The van der Waals surface area contributed by atoms with E-state index in [1.807, 2.05) is 0 Å². The Morgan fingerprint density at radius 3 is 2.26 bits per heavy atom. The molecule has 6 N–H and O–H groups in total. The Balaban J connectivity index is 1.71. The molecule has 0 aromatic heterocycles. The van der Waals surface area contributed by atoms with Crippen molar-refractivity contribution in [1.29, 1.82) is 0 Å². The van der Waals surface area contributed by atoms with Gasteiger partial charge in [0.1, 0.15) is 29.1 Å². The van der Waals surface area contributed by atoms with Crippen molar-refractivity contribution in [3.8, 4) is 40.2 Å². The predicted octanol–water partition coefficient (Wildman–Crippen LogP) is 2.82. The number of phenols is 6. The molecule has 0 amide bonds. The Labute approximate surface area is 175 Å². The van der Waals surface area contributed by atoms with Gasteiger partial charge in [-0.25, -0.2) is 4.79 Å². The lowest BCUT2D eigenvalue weighted by atomic mass is 9.93. The lowest BCUT2D eigenvalue weighted by Crippen LogP contribution is -2.34. The van der Waals surface area contributed by atoms with Gasteiger partial charge in [0.15, 0.2) is 23.4 Å². The number of rotatable bonds is 3. The fourth-order valence-corrected chi connectivity index (χ4v) is 3.46. The quantitative estimate of drug-likeness (QED) is 0.274. The molecule has 0 unspecified atom stereocenters. The fraction of sp³-hybridized carbons (Fsp3) is 0.136. The zero-order valence-electron chi connectivity index (χ0n) is 15.9. The first-order chi connectivity index (χ1) is 14.7. The van der Waals surface area contributed by atoms with Crippen LogP contribution in [0.5, 0.6) is 40.2 Å². The molecule has 3 aromatic carbocycles. The normalized spacial score (nSPS) is 17.4. The van der Waals surface area contributed by atoms with Crippen molar-refractivity contribution in [2.24, 2.45) is 0 Å². The standard InChI is InChI=1S/C22H18O9/c23-12-3-1-2-10(4-12)21-19(9-14-15(25)7-13(24)8-18(14)30-21)31-22(29)11-5-16(26)20(28)17(27)6-11/h1-8,19,21,23-28H,9H2/t19-,21-/m1/s1. The topological polar surface area (TPSA) is 157 Å². The molecule has 0 spiro atoms. The fourth-order valence-electron chi connectivity index (χ4n) is 3.46. The van der Waals surface area contributed by atoms with Crippen molar-refractivity contribution < 1.29 is 44.9 Å². The van der Waals surface area contributed by atoms with Gasteiger partial charge in [-0.05, 0) is 29.8 Å². The van der Waals surface area contributed by atoms with Gasteiger partial charge >= 0.3 is 5.97 Å². The van der Waals surface area contributed by atoms with Crippen molar-refractivity contribution in [1.82, 2.24) is 0 Å². The van der Waals surface area contributed by atoms with Gasteiger partial charge in [-0.1, -0.05) is 12.1 Å². The third-order valence-corrected chi connectivity index (χ3v) is 4.93. The highest BCUT2D eigenvalue weighted by Crippen LogP contribution is 2.43. The maximum Gasteiger partial charge on any atom is 0.338 e. The van der Waals surface area contributed by atoms with E-state index in [0.29, 0.717) is 11.1 Å². The van der Waals surface area contributed by atoms with Gasteiger partial charge in [0.05, 0.1) is 5.56 Å². The van der Waals surface area contributed by atoms with E-state index in [4.69, 9.17) is 9.47 Å². The molecule has 0 fully saturated rings. The highest BCUT2D eigenvalue weighted by molar-refractivity contribution is 5.91. The molecule has 3 aromatic rings. The summed E-state index contributed by atoms with van der Waals surface area (Å²) in [5.41, 5.74) is 0.564. The number of benzene rings is 3. The van der Waals surface area contributed by atoms with Crippen molar-refractivity contribution in [2.75, 3.05) is 0 Å². The van der Waals surface area contributed by atoms with Crippen molar-refractivity contribution >= 4 is 5.97 Å². The Bertz CT molecular complexity index is 1150. The Hall–Kier alpha value is -4.27. The van der Waals surface area contributed by atoms with Crippen LogP contribution >= 0.6 is 0 Å². The van der Waals surface area contributed by atoms with Gasteiger partial charge in [0, 0.05) is 24.1 Å². The van der Waals surface area contributed by atoms with Crippen molar-refractivity contribution in [3.63, 3.8) is 0 Å². The lowest BCUT2D eigenvalue weighted by molar-refractivity contribution is -0.0188. The summed E-state index contributed by atoms with van der Waals surface area (Å²) in [5, 5.41) is 58.6. The summed E-state index contributed by atoms with van der Waals surface area (Å²) in [6.07, 6.45) is -1.86. The Morgan fingerprint density at radius 2 is 1.58 bits per heavy atom. The van der Waals surface area contributed by atoms with Crippen LogP contribution in [0.15, 0.2) is 48.5 Å². The highest BCUT2D eigenvalue weighted by Gasteiger charge is 2.36. The monoisotopic (exact) mass is 426 g/mol. The number of carbonyl (C=O) groups is 1. The van der Waals surface area contributed by atoms with Gasteiger partial charge in [-0.2, -0.15) is 0 Å². The molecule has 9 nitrogen and oxygen atoms in total. The molecule has 1 heterocycles. The van der Waals surface area contributed by atoms with E-state index < -0.39 is 35.4 Å². The molecule has 0 aliphatic carbocycles. The van der Waals surface area contributed by atoms with Crippen LogP contribution < -0.4 is 4.74 Å². The van der Waals surface area contributed by atoms with E-state index in [1.165, 1.54) is 18.2 Å². The average Bonchev–Trinajstić information content (AvgIpc) is 2.71. The summed E-state index contributed by atoms with van der Waals surface area (Å²) in [5.74, 6) is -3.39. The Morgan fingerprint density at radius 1 is 0.871 bits per heavy atom. The minimum atomic E-state index is -0.977. The average molecular weight is 426 g/mol. The number of hydrogen-bond acceptors (Lipinski definition) is 9. The lowest BCUT2D eigenvalue weighted by Gasteiger charge is -2.34. The van der Waals surface area contributed by atoms with E-state index in [-0.39, 0.29) is 35.0 Å². The van der Waals surface area contributed by atoms with Crippen molar-refractivity contribution in [2.45, 2.75) is 18.6 Å². The van der Waals surface area contributed by atoms with Crippen LogP contribution in [0.25, 0.3) is 0 Å². The second kappa shape index (κ2) is 7.52. The molecule has 31 heavy (non-hydrogen) atoms. The number of fused-ring (bicyclic) bond motifs is 1. The molecule has 2 atom stereocenters. The van der Waals surface area contributed by atoms with Crippen LogP contribution in [-0.2, 0) is 11.2 Å². The largest absolute Gasteiger partial charge is 0.508 e. The summed E-state index contributed by atoms with van der Waals surface area (Å²) in [4.78, 5) is 12.7. The smallest absolute Gasteiger partial charge is 0.338 e. The van der Waals surface area contributed by atoms with E-state index >= 15 is 0 Å². The van der Waals surface area contributed by atoms with Gasteiger partial charge < -0.3 is 40.1 Å². The highest BCUT2D eigenvalue weighted by atomic mass is 16.6. The minimum absolute atomic E-state index is 0.0174. The van der Waals surface area contributed by atoms with Crippen LogP contribution in [0, 0.1) is 0 Å². The number of aromatic hydroxyl groups is 6. The van der Waals surface area contributed by atoms with Gasteiger partial charge in [0.25, 0.3) is 0 Å². The molecule has 0 bridgehead atoms. The second-order valence-electron chi connectivity index (χ2n) is 7.09. The Kier molecular flexibility index (Phi) is 4.86. The van der Waals surface area contributed by atoms with Gasteiger partial charge in [-0.3, -0.25) is 0 Å². The molecule has 0 saturated carbocycles. The minimum Gasteiger partial charge on any atom is -0.508 e. The molecule has 0 saturated heterocycles. The maximum atomic E-state index is 12.7.